The smallest absolute Gasteiger partial charge is 0.323 e. The number of amides is 1. The highest BCUT2D eigenvalue weighted by Crippen LogP contribution is 2.15. The molecule has 0 radical (unpaired) electrons. The molecule has 1 fully saturated rings. The minimum Gasteiger partial charge on any atom is -0.480 e. The van der Waals surface area contributed by atoms with Gasteiger partial charge in [-0.2, -0.15) is 0 Å². The molecule has 1 unspecified atom stereocenters. The van der Waals surface area contributed by atoms with Gasteiger partial charge in [-0.15, -0.1) is 0 Å². The van der Waals surface area contributed by atoms with Gasteiger partial charge in [0.25, 0.3) is 0 Å². The molecule has 0 aliphatic carbocycles. The summed E-state index contributed by atoms with van der Waals surface area (Å²) in [5, 5.41) is 8.97. The molecular weight excluding hydrogens is 286 g/mol. The molecule has 1 aliphatic rings. The van der Waals surface area contributed by atoms with Crippen molar-refractivity contribution in [1.82, 2.24) is 0 Å². The number of carbonyl (C=O) groups is 2. The first kappa shape index (κ1) is 16.5. The van der Waals surface area contributed by atoms with Gasteiger partial charge in [0.15, 0.2) is 0 Å². The summed E-state index contributed by atoms with van der Waals surface area (Å²) in [5.74, 6) is -1.31. The summed E-state index contributed by atoms with van der Waals surface area (Å²) in [6, 6.07) is 8.79. The van der Waals surface area contributed by atoms with Crippen molar-refractivity contribution in [2.75, 3.05) is 31.3 Å². The van der Waals surface area contributed by atoms with E-state index in [0.717, 1.165) is 19.4 Å². The number of anilines is 1. The van der Waals surface area contributed by atoms with Crippen molar-refractivity contribution in [2.24, 2.45) is 0 Å². The third-order valence-electron chi connectivity index (χ3n) is 3.45. The molecule has 1 aromatic rings. The highest BCUT2D eigenvalue weighted by Gasteiger charge is 2.19. The Kier molecular flexibility index (Phi) is 6.36. The third-order valence-corrected chi connectivity index (χ3v) is 3.45. The number of hydrogen-bond acceptors (Lipinski definition) is 4. The van der Waals surface area contributed by atoms with Crippen molar-refractivity contribution in [1.29, 1.82) is 0 Å². The highest BCUT2D eigenvalue weighted by molar-refractivity contribution is 5.97. The van der Waals surface area contributed by atoms with E-state index in [-0.39, 0.29) is 31.6 Å². The Hall–Kier alpha value is -1.92. The largest absolute Gasteiger partial charge is 0.480 e. The fourth-order valence-electron chi connectivity index (χ4n) is 2.35. The molecule has 0 spiro atoms. The molecule has 22 heavy (non-hydrogen) atoms. The molecule has 1 amide bonds. The van der Waals surface area contributed by atoms with Crippen LogP contribution in [-0.2, 0) is 19.1 Å². The van der Waals surface area contributed by atoms with E-state index in [1.54, 1.807) is 24.3 Å². The van der Waals surface area contributed by atoms with Crippen molar-refractivity contribution in [3.63, 3.8) is 0 Å². The number of nitrogens with zero attached hydrogens (tertiary/aromatic N) is 1. The lowest BCUT2D eigenvalue weighted by Crippen LogP contribution is -2.36. The summed E-state index contributed by atoms with van der Waals surface area (Å²) >= 11 is 0. The molecular formula is C16H21NO5. The first-order valence-electron chi connectivity index (χ1n) is 7.43. The average molecular weight is 307 g/mol. The Labute approximate surface area is 129 Å². The van der Waals surface area contributed by atoms with E-state index in [2.05, 4.69) is 0 Å². The zero-order valence-electron chi connectivity index (χ0n) is 12.4. The zero-order chi connectivity index (χ0) is 15.8. The molecule has 0 bridgehead atoms. The molecule has 1 aromatic carbocycles. The molecule has 6 heteroatoms. The molecule has 1 heterocycles. The number of hydrogen-bond donors (Lipinski definition) is 1. The van der Waals surface area contributed by atoms with Crippen LogP contribution in [0.15, 0.2) is 30.3 Å². The van der Waals surface area contributed by atoms with Crippen molar-refractivity contribution >= 4 is 17.6 Å². The second kappa shape index (κ2) is 8.51. The van der Waals surface area contributed by atoms with Gasteiger partial charge in [-0.1, -0.05) is 18.2 Å². The Morgan fingerprint density at radius 2 is 2.09 bits per heavy atom. The van der Waals surface area contributed by atoms with E-state index >= 15 is 0 Å². The Morgan fingerprint density at radius 1 is 1.32 bits per heavy atom. The summed E-state index contributed by atoms with van der Waals surface area (Å²) in [5.41, 5.74) is 0.578. The first-order chi connectivity index (χ1) is 10.7. The predicted octanol–water partition coefficient (Wildman–Crippen LogP) is 1.69. The molecule has 6 nitrogen and oxygen atoms in total. The molecule has 1 N–H and O–H groups in total. The van der Waals surface area contributed by atoms with E-state index in [9.17, 15) is 9.59 Å². The van der Waals surface area contributed by atoms with Gasteiger partial charge < -0.3 is 19.5 Å². The second-order valence-electron chi connectivity index (χ2n) is 5.17. The lowest BCUT2D eigenvalue weighted by atomic mass is 10.2. The van der Waals surface area contributed by atoms with Crippen LogP contribution in [0.25, 0.3) is 0 Å². The monoisotopic (exact) mass is 307 g/mol. The Balaban J connectivity index is 1.82. The first-order valence-corrected chi connectivity index (χ1v) is 7.43. The van der Waals surface area contributed by atoms with E-state index in [1.807, 2.05) is 6.07 Å². The van der Waals surface area contributed by atoms with Crippen molar-refractivity contribution in [3.05, 3.63) is 30.3 Å². The summed E-state index contributed by atoms with van der Waals surface area (Å²) < 4.78 is 10.9. The van der Waals surface area contributed by atoms with Gasteiger partial charge in [-0.05, 0) is 25.0 Å². The molecule has 0 saturated carbocycles. The van der Waals surface area contributed by atoms with E-state index in [4.69, 9.17) is 14.6 Å². The summed E-state index contributed by atoms with van der Waals surface area (Å²) in [4.78, 5) is 24.4. The maximum absolute atomic E-state index is 12.2. The summed E-state index contributed by atoms with van der Waals surface area (Å²) in [6.45, 7) is 1.17. The minimum atomic E-state index is -1.04. The molecule has 0 aromatic heterocycles. The topological polar surface area (TPSA) is 76.1 Å². The van der Waals surface area contributed by atoms with Gasteiger partial charge in [0.1, 0.15) is 6.54 Å². The Bertz CT molecular complexity index is 485. The van der Waals surface area contributed by atoms with E-state index < -0.39 is 5.97 Å². The normalized spacial score (nSPS) is 17.4. The van der Waals surface area contributed by atoms with Crippen molar-refractivity contribution in [2.45, 2.75) is 25.4 Å². The van der Waals surface area contributed by atoms with Crippen molar-refractivity contribution < 1.29 is 24.2 Å². The maximum Gasteiger partial charge on any atom is 0.323 e. The number of carboxylic acid groups (broad SMARTS) is 1. The molecule has 120 valence electrons. The quantitative estimate of drug-likeness (QED) is 0.740. The lowest BCUT2D eigenvalue weighted by Gasteiger charge is -2.21. The minimum absolute atomic E-state index is 0.124. The lowest BCUT2D eigenvalue weighted by molar-refractivity contribution is -0.136. The number of benzene rings is 1. The van der Waals surface area contributed by atoms with E-state index in [1.165, 1.54) is 4.90 Å². The van der Waals surface area contributed by atoms with Gasteiger partial charge in [-0.3, -0.25) is 9.59 Å². The van der Waals surface area contributed by atoms with Crippen LogP contribution in [0, 0.1) is 0 Å². The van der Waals surface area contributed by atoms with Gasteiger partial charge in [0, 0.05) is 12.3 Å². The van der Waals surface area contributed by atoms with Crippen LogP contribution >= 0.6 is 0 Å². The van der Waals surface area contributed by atoms with Gasteiger partial charge >= 0.3 is 5.97 Å². The second-order valence-corrected chi connectivity index (χ2v) is 5.17. The standard InChI is InChI=1S/C16H21NO5/c18-15(8-10-21-12-14-7-4-9-22-14)17(11-16(19)20)13-5-2-1-3-6-13/h1-3,5-6,14H,4,7-12H2,(H,19,20). The van der Waals surface area contributed by atoms with Crippen LogP contribution in [0.5, 0.6) is 0 Å². The number of para-hydroxylation sites is 1. The van der Waals surface area contributed by atoms with Crippen LogP contribution in [-0.4, -0.2) is 49.5 Å². The number of carboxylic acids is 1. The number of carbonyl (C=O) groups excluding carboxylic acids is 1. The van der Waals surface area contributed by atoms with Gasteiger partial charge in [0.05, 0.1) is 25.7 Å². The average Bonchev–Trinajstić information content (AvgIpc) is 3.03. The van der Waals surface area contributed by atoms with E-state index in [0.29, 0.717) is 12.3 Å². The SMILES string of the molecule is O=C(O)CN(C(=O)CCOCC1CCCO1)c1ccccc1. The number of aliphatic carboxylic acids is 1. The molecule has 1 atom stereocenters. The summed E-state index contributed by atoms with van der Waals surface area (Å²) in [7, 11) is 0. The van der Waals surface area contributed by atoms with Crippen LogP contribution < -0.4 is 4.90 Å². The predicted molar refractivity (Wildman–Crippen MR) is 80.8 cm³/mol. The fraction of sp³-hybridized carbons (Fsp3) is 0.500. The van der Waals surface area contributed by atoms with Crippen LogP contribution in [0.2, 0.25) is 0 Å². The molecule has 1 aliphatic heterocycles. The Morgan fingerprint density at radius 3 is 2.73 bits per heavy atom. The number of rotatable bonds is 8. The zero-order valence-corrected chi connectivity index (χ0v) is 12.4. The third kappa shape index (κ3) is 5.13. The van der Waals surface area contributed by atoms with Crippen LogP contribution in [0.3, 0.4) is 0 Å². The molecule has 2 rings (SSSR count). The van der Waals surface area contributed by atoms with Crippen LogP contribution in [0.1, 0.15) is 19.3 Å². The van der Waals surface area contributed by atoms with Gasteiger partial charge in [-0.25, -0.2) is 0 Å². The molecule has 1 saturated heterocycles. The van der Waals surface area contributed by atoms with Crippen molar-refractivity contribution in [3.8, 4) is 0 Å². The van der Waals surface area contributed by atoms with Gasteiger partial charge in [0.2, 0.25) is 5.91 Å². The number of ether oxygens (including phenoxy) is 2. The maximum atomic E-state index is 12.2. The summed E-state index contributed by atoms with van der Waals surface area (Å²) in [6.07, 6.45) is 2.31. The van der Waals surface area contributed by atoms with Crippen LogP contribution in [0.4, 0.5) is 5.69 Å². The highest BCUT2D eigenvalue weighted by atomic mass is 16.5. The fourth-order valence-corrected chi connectivity index (χ4v) is 2.35.